The Morgan fingerprint density at radius 1 is 1.32 bits per heavy atom. The van der Waals surface area contributed by atoms with Crippen LogP contribution in [0.5, 0.6) is 0 Å². The number of allylic oxidation sites excluding steroid dienone is 1. The molecule has 1 N–H and O–H groups in total. The number of nitrogens with one attached hydrogen (secondary N) is 1. The first-order valence-corrected chi connectivity index (χ1v) is 10.7. The third kappa shape index (κ3) is 5.52. The van der Waals surface area contributed by atoms with Crippen molar-refractivity contribution in [2.75, 3.05) is 12.3 Å². The van der Waals surface area contributed by atoms with Gasteiger partial charge >= 0.3 is 0 Å². The Bertz CT molecular complexity index is 795. The van der Waals surface area contributed by atoms with E-state index in [-0.39, 0.29) is 5.91 Å². The largest absolute Gasteiger partial charge is 0.355 e. The van der Waals surface area contributed by atoms with Crippen LogP contribution in [-0.2, 0) is 4.79 Å². The number of hydrogen-bond acceptors (Lipinski definition) is 5. The number of amides is 1. The summed E-state index contributed by atoms with van der Waals surface area (Å²) in [6.45, 7) is 0.722. The highest BCUT2D eigenvalue weighted by atomic mass is 32.2. The van der Waals surface area contributed by atoms with Crippen molar-refractivity contribution in [2.45, 2.75) is 36.4 Å². The van der Waals surface area contributed by atoms with E-state index < -0.39 is 0 Å². The Morgan fingerprint density at radius 3 is 2.92 bits per heavy atom. The molecule has 0 saturated heterocycles. The average Bonchev–Trinajstić information content (AvgIpc) is 3.02. The molecule has 0 unspecified atom stereocenters. The van der Waals surface area contributed by atoms with Crippen molar-refractivity contribution >= 4 is 41.2 Å². The second-order valence-electron chi connectivity index (χ2n) is 5.88. The summed E-state index contributed by atoms with van der Waals surface area (Å²) in [6, 6.07) is 9.81. The number of rotatable bonds is 7. The number of thioether (sulfide) groups is 1. The quantitative estimate of drug-likeness (QED) is 0.420. The van der Waals surface area contributed by atoms with E-state index in [1.165, 1.54) is 54.4 Å². The Hall–Kier alpha value is -1.44. The fourth-order valence-corrected chi connectivity index (χ4v) is 4.92. The van der Waals surface area contributed by atoms with E-state index in [9.17, 15) is 4.79 Å². The molecule has 0 saturated carbocycles. The van der Waals surface area contributed by atoms with Gasteiger partial charge in [0.15, 0.2) is 8.29 Å². The van der Waals surface area contributed by atoms with E-state index in [0.29, 0.717) is 9.71 Å². The average molecular weight is 392 g/mol. The second kappa shape index (κ2) is 9.31. The maximum Gasteiger partial charge on any atom is 0.230 e. The minimum absolute atomic E-state index is 0.0498. The SMILES string of the molecule is O=C(CSc1nn(-c2ccccc2)c(=S)s1)NCCC1=CCCCC1. The first kappa shape index (κ1) is 18.4. The lowest BCUT2D eigenvalue weighted by molar-refractivity contribution is -0.118. The zero-order chi connectivity index (χ0) is 17.5. The summed E-state index contributed by atoms with van der Waals surface area (Å²) in [6.07, 6.45) is 8.25. The first-order valence-electron chi connectivity index (χ1n) is 8.45. The molecule has 0 radical (unpaired) electrons. The number of carbonyl (C=O) groups is 1. The van der Waals surface area contributed by atoms with Crippen molar-refractivity contribution in [2.24, 2.45) is 0 Å². The molecule has 1 aromatic carbocycles. The van der Waals surface area contributed by atoms with Gasteiger partial charge in [0.1, 0.15) is 0 Å². The minimum atomic E-state index is 0.0498. The van der Waals surface area contributed by atoms with Crippen molar-refractivity contribution in [1.82, 2.24) is 15.1 Å². The highest BCUT2D eigenvalue weighted by Gasteiger charge is 2.09. The van der Waals surface area contributed by atoms with Crippen molar-refractivity contribution in [3.63, 3.8) is 0 Å². The molecule has 3 rings (SSSR count). The summed E-state index contributed by atoms with van der Waals surface area (Å²) in [5, 5.41) is 7.51. The van der Waals surface area contributed by atoms with Crippen LogP contribution in [-0.4, -0.2) is 28.0 Å². The van der Waals surface area contributed by atoms with E-state index in [2.05, 4.69) is 16.5 Å². The molecule has 25 heavy (non-hydrogen) atoms. The van der Waals surface area contributed by atoms with Gasteiger partial charge in [-0.05, 0) is 56.5 Å². The van der Waals surface area contributed by atoms with Crippen LogP contribution in [0.4, 0.5) is 0 Å². The van der Waals surface area contributed by atoms with E-state index >= 15 is 0 Å². The van der Waals surface area contributed by atoms with Crippen LogP contribution >= 0.6 is 35.3 Å². The summed E-state index contributed by atoms with van der Waals surface area (Å²) in [5.41, 5.74) is 2.43. The lowest BCUT2D eigenvalue weighted by Crippen LogP contribution is -2.26. The van der Waals surface area contributed by atoms with Gasteiger partial charge < -0.3 is 5.32 Å². The second-order valence-corrected chi connectivity index (χ2v) is 8.72. The number of aromatic nitrogens is 2. The molecule has 0 atom stereocenters. The molecule has 1 aliphatic carbocycles. The number of nitrogens with zero attached hydrogens (tertiary/aromatic N) is 2. The Morgan fingerprint density at radius 2 is 2.16 bits per heavy atom. The standard InChI is InChI=1S/C18H21N3OS3/c22-16(19-12-11-14-7-3-1-4-8-14)13-24-17-20-21(18(23)25-17)15-9-5-2-6-10-15/h2,5-7,9-10H,1,3-4,8,11-13H2,(H,19,22). The maximum atomic E-state index is 12.0. The molecular weight excluding hydrogens is 370 g/mol. The summed E-state index contributed by atoms with van der Waals surface area (Å²) >= 11 is 8.25. The molecule has 0 aliphatic heterocycles. The lowest BCUT2D eigenvalue weighted by atomic mass is 9.97. The molecule has 7 heteroatoms. The molecule has 1 aromatic heterocycles. The van der Waals surface area contributed by atoms with E-state index in [1.807, 2.05) is 30.3 Å². The third-order valence-corrected chi connectivity index (χ3v) is 6.38. The van der Waals surface area contributed by atoms with Gasteiger partial charge in [-0.1, -0.05) is 52.9 Å². The van der Waals surface area contributed by atoms with Crippen LogP contribution in [0.3, 0.4) is 0 Å². The van der Waals surface area contributed by atoms with Crippen LogP contribution in [0.1, 0.15) is 32.1 Å². The van der Waals surface area contributed by atoms with Crippen molar-refractivity contribution in [3.05, 3.63) is 45.9 Å². The first-order chi connectivity index (χ1) is 12.2. The molecule has 132 valence electrons. The highest BCUT2D eigenvalue weighted by Crippen LogP contribution is 2.24. The van der Waals surface area contributed by atoms with Gasteiger partial charge in [0.2, 0.25) is 5.91 Å². The number of carbonyl (C=O) groups excluding carboxylic acids is 1. The molecule has 1 amide bonds. The molecule has 0 spiro atoms. The van der Waals surface area contributed by atoms with Gasteiger partial charge in [-0.25, -0.2) is 4.68 Å². The van der Waals surface area contributed by atoms with Crippen LogP contribution in [0.25, 0.3) is 5.69 Å². The highest BCUT2D eigenvalue weighted by molar-refractivity contribution is 8.01. The van der Waals surface area contributed by atoms with Gasteiger partial charge in [0, 0.05) is 6.54 Å². The van der Waals surface area contributed by atoms with Gasteiger partial charge in [0.25, 0.3) is 0 Å². The zero-order valence-electron chi connectivity index (χ0n) is 13.9. The Kier molecular flexibility index (Phi) is 6.84. The molecule has 1 aliphatic rings. The monoisotopic (exact) mass is 391 g/mol. The van der Waals surface area contributed by atoms with E-state index in [4.69, 9.17) is 12.2 Å². The fourth-order valence-electron chi connectivity index (χ4n) is 2.72. The number of para-hydroxylation sites is 1. The van der Waals surface area contributed by atoms with Crippen molar-refractivity contribution in [3.8, 4) is 5.69 Å². The maximum absolute atomic E-state index is 12.0. The molecular formula is C18H21N3OS3. The van der Waals surface area contributed by atoms with Gasteiger partial charge in [-0.15, -0.1) is 5.10 Å². The molecule has 4 nitrogen and oxygen atoms in total. The fraction of sp³-hybridized carbons (Fsp3) is 0.389. The molecule has 1 heterocycles. The summed E-state index contributed by atoms with van der Waals surface area (Å²) in [4.78, 5) is 12.0. The molecule has 2 aromatic rings. The summed E-state index contributed by atoms with van der Waals surface area (Å²) in [7, 11) is 0. The predicted molar refractivity (Wildman–Crippen MR) is 107 cm³/mol. The smallest absolute Gasteiger partial charge is 0.230 e. The van der Waals surface area contributed by atoms with Crippen LogP contribution < -0.4 is 5.32 Å². The molecule has 0 fully saturated rings. The van der Waals surface area contributed by atoms with E-state index in [1.54, 1.807) is 4.68 Å². The third-order valence-electron chi connectivity index (χ3n) is 4.01. The van der Waals surface area contributed by atoms with Crippen molar-refractivity contribution in [1.29, 1.82) is 0 Å². The van der Waals surface area contributed by atoms with Gasteiger partial charge in [-0.2, -0.15) is 0 Å². The Labute approximate surface area is 161 Å². The Balaban J connectivity index is 1.46. The van der Waals surface area contributed by atoms with Crippen LogP contribution in [0.2, 0.25) is 0 Å². The topological polar surface area (TPSA) is 46.9 Å². The minimum Gasteiger partial charge on any atom is -0.355 e. The number of benzene rings is 1. The van der Waals surface area contributed by atoms with E-state index in [0.717, 1.165) is 23.0 Å². The van der Waals surface area contributed by atoms with Crippen molar-refractivity contribution < 1.29 is 4.79 Å². The summed E-state index contributed by atoms with van der Waals surface area (Å²) in [5.74, 6) is 0.421. The zero-order valence-corrected chi connectivity index (χ0v) is 16.4. The molecule has 0 bridgehead atoms. The normalized spacial score (nSPS) is 14.2. The predicted octanol–water partition coefficient (Wildman–Crippen LogP) is 4.76. The lowest BCUT2D eigenvalue weighted by Gasteiger charge is -2.12. The number of hydrogen-bond donors (Lipinski definition) is 1. The van der Waals surface area contributed by atoms with Gasteiger partial charge in [0.05, 0.1) is 11.4 Å². The summed E-state index contributed by atoms with van der Waals surface area (Å²) < 4.78 is 3.26. The van der Waals surface area contributed by atoms with Crippen LogP contribution in [0, 0.1) is 3.95 Å². The van der Waals surface area contributed by atoms with Gasteiger partial charge in [-0.3, -0.25) is 4.79 Å². The van der Waals surface area contributed by atoms with Crippen LogP contribution in [0.15, 0.2) is 46.3 Å².